The quantitative estimate of drug-likeness (QED) is 0.718. The van der Waals surface area contributed by atoms with E-state index in [0.717, 1.165) is 44.5 Å². The Kier molecular flexibility index (Phi) is 3.31. The topological polar surface area (TPSA) is 38.1 Å². The van der Waals surface area contributed by atoms with E-state index in [2.05, 4.69) is 28.1 Å². The van der Waals surface area contributed by atoms with E-state index in [9.17, 15) is 4.79 Å². The van der Waals surface area contributed by atoms with Crippen molar-refractivity contribution in [1.29, 1.82) is 0 Å². The van der Waals surface area contributed by atoms with Gasteiger partial charge < -0.3 is 4.90 Å². The Balaban J connectivity index is 2.04. The Bertz CT molecular complexity index is 1020. The molecule has 4 rings (SSSR count). The highest BCUT2D eigenvalue weighted by Gasteiger charge is 2.16. The lowest BCUT2D eigenvalue weighted by molar-refractivity contribution is 0.897. The fraction of sp³-hybridized carbons (Fsp3) is 0.222. The summed E-state index contributed by atoms with van der Waals surface area (Å²) in [5.41, 5.74) is 2.94. The van der Waals surface area contributed by atoms with Crippen LogP contribution in [0.15, 0.2) is 47.5 Å². The second-order valence-electron chi connectivity index (χ2n) is 5.87. The summed E-state index contributed by atoms with van der Waals surface area (Å²) in [4.78, 5) is 19.6. The second-order valence-corrected chi connectivity index (χ2v) is 6.92. The van der Waals surface area contributed by atoms with Gasteiger partial charge in [0.25, 0.3) is 5.56 Å². The molecule has 5 heteroatoms. The molecule has 2 aromatic heterocycles. The summed E-state index contributed by atoms with van der Waals surface area (Å²) in [6.45, 7) is 0. The van der Waals surface area contributed by atoms with Crippen molar-refractivity contribution in [3.63, 3.8) is 0 Å². The van der Waals surface area contributed by atoms with Gasteiger partial charge in [0, 0.05) is 35.6 Å². The standard InChI is InChI=1S/C18H17N3OS/c1-20(2)13-9-6-10-14-15(13)16-17(23-14)18(22)21(11-19-16)12-7-4-3-5-8-12/h3-4,6-7,9-11H,5,8H2,1-2H3. The zero-order chi connectivity index (χ0) is 16.0. The molecule has 1 aliphatic rings. The van der Waals surface area contributed by atoms with Crippen LogP contribution in [0.3, 0.4) is 0 Å². The molecule has 1 aliphatic carbocycles. The Morgan fingerprint density at radius 2 is 2.17 bits per heavy atom. The first-order chi connectivity index (χ1) is 11.2. The third kappa shape index (κ3) is 2.19. The van der Waals surface area contributed by atoms with E-state index < -0.39 is 0 Å². The van der Waals surface area contributed by atoms with Crippen LogP contribution in [-0.4, -0.2) is 23.6 Å². The van der Waals surface area contributed by atoms with Gasteiger partial charge in [-0.05, 0) is 31.1 Å². The summed E-state index contributed by atoms with van der Waals surface area (Å²) in [5.74, 6) is 0. The average Bonchev–Trinajstić information content (AvgIpc) is 2.95. The van der Waals surface area contributed by atoms with Crippen molar-refractivity contribution in [3.8, 4) is 0 Å². The SMILES string of the molecule is CN(C)c1cccc2sc3c(=O)n(C4=CC=CCC4)cnc3c12. The third-order valence-corrected chi connectivity index (χ3v) is 5.30. The van der Waals surface area contributed by atoms with Crippen molar-refractivity contribution >= 4 is 43.0 Å². The van der Waals surface area contributed by atoms with Crippen molar-refractivity contribution in [1.82, 2.24) is 9.55 Å². The van der Waals surface area contributed by atoms with E-state index in [0.29, 0.717) is 0 Å². The molecule has 3 aromatic rings. The van der Waals surface area contributed by atoms with Gasteiger partial charge in [-0.1, -0.05) is 18.2 Å². The van der Waals surface area contributed by atoms with E-state index in [4.69, 9.17) is 0 Å². The van der Waals surface area contributed by atoms with Crippen molar-refractivity contribution in [2.75, 3.05) is 19.0 Å². The van der Waals surface area contributed by atoms with Gasteiger partial charge in [-0.25, -0.2) is 4.98 Å². The highest BCUT2D eigenvalue weighted by molar-refractivity contribution is 7.25. The number of hydrogen-bond acceptors (Lipinski definition) is 4. The highest BCUT2D eigenvalue weighted by Crippen LogP contribution is 2.36. The van der Waals surface area contributed by atoms with Crippen molar-refractivity contribution < 1.29 is 0 Å². The number of aromatic nitrogens is 2. The predicted octanol–water partition coefficient (Wildman–Crippen LogP) is 3.87. The lowest BCUT2D eigenvalue weighted by atomic mass is 10.1. The summed E-state index contributed by atoms with van der Waals surface area (Å²) in [5, 5.41) is 1.07. The van der Waals surface area contributed by atoms with Crippen LogP contribution in [-0.2, 0) is 0 Å². The smallest absolute Gasteiger partial charge is 0.275 e. The Hall–Kier alpha value is -2.40. The van der Waals surface area contributed by atoms with Gasteiger partial charge in [0.2, 0.25) is 0 Å². The van der Waals surface area contributed by atoms with Gasteiger partial charge in [-0.3, -0.25) is 9.36 Å². The Morgan fingerprint density at radius 1 is 1.30 bits per heavy atom. The van der Waals surface area contributed by atoms with Crippen LogP contribution >= 0.6 is 11.3 Å². The van der Waals surface area contributed by atoms with Gasteiger partial charge in [-0.2, -0.15) is 0 Å². The molecular weight excluding hydrogens is 306 g/mol. The number of fused-ring (bicyclic) bond motifs is 3. The minimum Gasteiger partial charge on any atom is -0.377 e. The number of allylic oxidation sites excluding steroid dienone is 4. The molecule has 0 fully saturated rings. The molecule has 4 nitrogen and oxygen atoms in total. The zero-order valence-corrected chi connectivity index (χ0v) is 13.9. The van der Waals surface area contributed by atoms with Crippen molar-refractivity contribution in [2.45, 2.75) is 12.8 Å². The van der Waals surface area contributed by atoms with Crippen LogP contribution in [0.5, 0.6) is 0 Å². The number of hydrogen-bond donors (Lipinski definition) is 0. The second kappa shape index (κ2) is 5.35. The fourth-order valence-corrected chi connectivity index (χ4v) is 4.13. The van der Waals surface area contributed by atoms with Gasteiger partial charge in [0.05, 0.1) is 5.52 Å². The number of thiophene rings is 1. The molecule has 0 atom stereocenters. The van der Waals surface area contributed by atoms with Gasteiger partial charge in [0.1, 0.15) is 11.0 Å². The molecule has 1 aromatic carbocycles. The molecule has 0 aliphatic heterocycles. The molecule has 0 N–H and O–H groups in total. The first-order valence-electron chi connectivity index (χ1n) is 7.63. The van der Waals surface area contributed by atoms with Crippen molar-refractivity contribution in [2.24, 2.45) is 0 Å². The van der Waals surface area contributed by atoms with Crippen molar-refractivity contribution in [3.05, 3.63) is 53.1 Å². The van der Waals surface area contributed by atoms with E-state index >= 15 is 0 Å². The normalized spacial score (nSPS) is 14.4. The maximum absolute atomic E-state index is 12.9. The summed E-state index contributed by atoms with van der Waals surface area (Å²) >= 11 is 1.53. The van der Waals surface area contributed by atoms with Crippen LogP contribution < -0.4 is 10.5 Å². The van der Waals surface area contributed by atoms with Crippen LogP contribution in [0.2, 0.25) is 0 Å². The first kappa shape index (κ1) is 14.2. The number of rotatable bonds is 2. The molecule has 23 heavy (non-hydrogen) atoms. The molecule has 0 radical (unpaired) electrons. The maximum atomic E-state index is 12.9. The monoisotopic (exact) mass is 323 g/mol. The fourth-order valence-electron chi connectivity index (χ4n) is 3.03. The molecule has 0 saturated carbocycles. The molecular formula is C18H17N3OS. The van der Waals surface area contributed by atoms with Gasteiger partial charge in [-0.15, -0.1) is 11.3 Å². The number of anilines is 1. The average molecular weight is 323 g/mol. The van der Waals surface area contributed by atoms with Crippen LogP contribution in [0.4, 0.5) is 5.69 Å². The van der Waals surface area contributed by atoms with Crippen LogP contribution in [0.1, 0.15) is 12.8 Å². The van der Waals surface area contributed by atoms with E-state index in [-0.39, 0.29) is 5.56 Å². The molecule has 0 saturated heterocycles. The molecule has 2 heterocycles. The van der Waals surface area contributed by atoms with Crippen LogP contribution in [0, 0.1) is 0 Å². The predicted molar refractivity (Wildman–Crippen MR) is 98.4 cm³/mol. The minimum absolute atomic E-state index is 0.0301. The summed E-state index contributed by atoms with van der Waals surface area (Å²) < 4.78 is 3.52. The summed E-state index contributed by atoms with van der Waals surface area (Å²) in [6, 6.07) is 6.15. The maximum Gasteiger partial charge on any atom is 0.275 e. The first-order valence-corrected chi connectivity index (χ1v) is 8.45. The van der Waals surface area contributed by atoms with E-state index in [1.165, 1.54) is 11.3 Å². The number of nitrogens with zero attached hydrogens (tertiary/aromatic N) is 3. The minimum atomic E-state index is 0.0301. The lowest BCUT2D eigenvalue weighted by Gasteiger charge is -2.14. The largest absolute Gasteiger partial charge is 0.377 e. The van der Waals surface area contributed by atoms with Crippen LogP contribution in [0.25, 0.3) is 26.0 Å². The van der Waals surface area contributed by atoms with Gasteiger partial charge in [0.15, 0.2) is 0 Å². The highest BCUT2D eigenvalue weighted by atomic mass is 32.1. The molecule has 0 amide bonds. The summed E-state index contributed by atoms with van der Waals surface area (Å²) in [7, 11) is 4.03. The zero-order valence-electron chi connectivity index (χ0n) is 13.1. The van der Waals surface area contributed by atoms with E-state index in [1.807, 2.05) is 32.3 Å². The Morgan fingerprint density at radius 3 is 2.91 bits per heavy atom. The number of benzene rings is 1. The third-order valence-electron chi connectivity index (χ3n) is 4.17. The summed E-state index contributed by atoms with van der Waals surface area (Å²) in [6.07, 6.45) is 9.63. The molecule has 0 spiro atoms. The van der Waals surface area contributed by atoms with E-state index in [1.54, 1.807) is 10.9 Å². The molecule has 0 unspecified atom stereocenters. The van der Waals surface area contributed by atoms with Gasteiger partial charge >= 0.3 is 0 Å². The Labute approximate surface area is 138 Å². The molecule has 0 bridgehead atoms. The molecule has 116 valence electrons. The lowest BCUT2D eigenvalue weighted by Crippen LogP contribution is -2.19.